The smallest absolute Gasteiger partial charge is 0.00178 e. The molecule has 0 heterocycles. The summed E-state index contributed by atoms with van der Waals surface area (Å²) in [5.41, 5.74) is 0. The lowest BCUT2D eigenvalue weighted by atomic mass is 10.1. The molecule has 16 heavy (non-hydrogen) atoms. The Bertz CT molecular complexity index is 156. The molecule has 0 aromatic carbocycles. The molecule has 1 aliphatic rings. The molecule has 0 bridgehead atoms. The normalized spacial score (nSPS) is 23.6. The standard InChI is InChI=1S/C15H31N/c1-3-5-7-8-9-10-14-12-15(14)13-16-11-6-4-2/h14-16H,3-13H2,1-2H3/t14-,15?/m1/s1. The molecule has 0 aliphatic heterocycles. The Kier molecular flexibility index (Phi) is 7.92. The summed E-state index contributed by atoms with van der Waals surface area (Å²) in [6.45, 7) is 7.08. The van der Waals surface area contributed by atoms with E-state index in [4.69, 9.17) is 0 Å². The van der Waals surface area contributed by atoms with E-state index < -0.39 is 0 Å². The minimum Gasteiger partial charge on any atom is -0.316 e. The summed E-state index contributed by atoms with van der Waals surface area (Å²) in [6.07, 6.45) is 12.9. The monoisotopic (exact) mass is 225 g/mol. The summed E-state index contributed by atoms with van der Waals surface area (Å²) in [4.78, 5) is 0. The Morgan fingerprint density at radius 3 is 2.38 bits per heavy atom. The Balaban J connectivity index is 1.79. The van der Waals surface area contributed by atoms with Gasteiger partial charge in [0.2, 0.25) is 0 Å². The van der Waals surface area contributed by atoms with Crippen LogP contribution in [0.5, 0.6) is 0 Å². The zero-order valence-corrected chi connectivity index (χ0v) is 11.4. The van der Waals surface area contributed by atoms with Crippen LogP contribution < -0.4 is 5.32 Å². The molecule has 0 saturated heterocycles. The van der Waals surface area contributed by atoms with Crippen molar-refractivity contribution in [1.82, 2.24) is 5.32 Å². The molecule has 1 heteroatoms. The Morgan fingerprint density at radius 1 is 0.875 bits per heavy atom. The molecule has 1 saturated carbocycles. The molecule has 0 radical (unpaired) electrons. The summed E-state index contributed by atoms with van der Waals surface area (Å²) in [6, 6.07) is 0. The molecule has 0 aromatic rings. The van der Waals surface area contributed by atoms with Crippen LogP contribution in [0.15, 0.2) is 0 Å². The quantitative estimate of drug-likeness (QED) is 0.515. The van der Waals surface area contributed by atoms with E-state index in [9.17, 15) is 0 Å². The molecule has 0 amide bonds. The summed E-state index contributed by atoms with van der Waals surface area (Å²) in [5, 5.41) is 3.59. The van der Waals surface area contributed by atoms with Crippen LogP contribution in [0, 0.1) is 11.8 Å². The third-order valence-corrected chi connectivity index (χ3v) is 3.86. The van der Waals surface area contributed by atoms with Gasteiger partial charge in [-0.1, -0.05) is 58.8 Å². The second-order valence-electron chi connectivity index (χ2n) is 5.52. The van der Waals surface area contributed by atoms with Gasteiger partial charge in [-0.05, 0) is 37.8 Å². The number of nitrogens with one attached hydrogen (secondary N) is 1. The van der Waals surface area contributed by atoms with E-state index >= 15 is 0 Å². The van der Waals surface area contributed by atoms with Crippen LogP contribution in [0.4, 0.5) is 0 Å². The van der Waals surface area contributed by atoms with Crippen molar-refractivity contribution < 1.29 is 0 Å². The van der Waals surface area contributed by atoms with Gasteiger partial charge in [-0.15, -0.1) is 0 Å². The van der Waals surface area contributed by atoms with Gasteiger partial charge in [0.1, 0.15) is 0 Å². The largest absolute Gasteiger partial charge is 0.316 e. The highest BCUT2D eigenvalue weighted by Gasteiger charge is 2.35. The molecular weight excluding hydrogens is 194 g/mol. The Hall–Kier alpha value is -0.0400. The van der Waals surface area contributed by atoms with Crippen LogP contribution in [0.1, 0.15) is 71.6 Å². The lowest BCUT2D eigenvalue weighted by molar-refractivity contribution is 0.532. The van der Waals surface area contributed by atoms with E-state index in [1.165, 1.54) is 70.9 Å². The maximum atomic E-state index is 3.59. The number of unbranched alkanes of at least 4 members (excludes halogenated alkanes) is 5. The van der Waals surface area contributed by atoms with Crippen molar-refractivity contribution in [3.63, 3.8) is 0 Å². The van der Waals surface area contributed by atoms with Crippen LogP contribution >= 0.6 is 0 Å². The van der Waals surface area contributed by atoms with E-state index in [2.05, 4.69) is 19.2 Å². The fourth-order valence-corrected chi connectivity index (χ4v) is 2.51. The third kappa shape index (κ3) is 6.52. The van der Waals surface area contributed by atoms with E-state index in [1.807, 2.05) is 0 Å². The van der Waals surface area contributed by atoms with Gasteiger partial charge in [-0.3, -0.25) is 0 Å². The first-order chi connectivity index (χ1) is 7.88. The van der Waals surface area contributed by atoms with Gasteiger partial charge in [-0.2, -0.15) is 0 Å². The second-order valence-corrected chi connectivity index (χ2v) is 5.52. The maximum absolute atomic E-state index is 3.59. The Morgan fingerprint density at radius 2 is 1.62 bits per heavy atom. The van der Waals surface area contributed by atoms with E-state index in [1.54, 1.807) is 0 Å². The highest BCUT2D eigenvalue weighted by Crippen LogP contribution is 2.41. The van der Waals surface area contributed by atoms with Gasteiger partial charge < -0.3 is 5.32 Å². The van der Waals surface area contributed by atoms with Gasteiger partial charge in [0.15, 0.2) is 0 Å². The highest BCUT2D eigenvalue weighted by atomic mass is 14.9. The van der Waals surface area contributed by atoms with Crippen LogP contribution in [-0.2, 0) is 0 Å². The topological polar surface area (TPSA) is 12.0 Å². The summed E-state index contributed by atoms with van der Waals surface area (Å²) < 4.78 is 0. The number of hydrogen-bond acceptors (Lipinski definition) is 1. The van der Waals surface area contributed by atoms with Crippen LogP contribution in [0.3, 0.4) is 0 Å². The van der Waals surface area contributed by atoms with Crippen molar-refractivity contribution in [2.45, 2.75) is 71.6 Å². The van der Waals surface area contributed by atoms with Crippen LogP contribution in [0.2, 0.25) is 0 Å². The minimum absolute atomic E-state index is 1.03. The van der Waals surface area contributed by atoms with Crippen LogP contribution in [0.25, 0.3) is 0 Å². The SMILES string of the molecule is CCCCCCC[C@@H]1CC1CNCCCC. The van der Waals surface area contributed by atoms with E-state index in [0.717, 1.165) is 11.8 Å². The number of hydrogen-bond donors (Lipinski definition) is 1. The average Bonchev–Trinajstić information content (AvgIpc) is 3.03. The predicted molar refractivity (Wildman–Crippen MR) is 72.8 cm³/mol. The molecule has 2 atom stereocenters. The fraction of sp³-hybridized carbons (Fsp3) is 1.00. The molecule has 1 unspecified atom stereocenters. The molecule has 1 fully saturated rings. The molecule has 0 aromatic heterocycles. The van der Waals surface area contributed by atoms with Gasteiger partial charge >= 0.3 is 0 Å². The minimum atomic E-state index is 1.03. The first-order valence-electron chi connectivity index (χ1n) is 7.59. The summed E-state index contributed by atoms with van der Waals surface area (Å²) >= 11 is 0. The maximum Gasteiger partial charge on any atom is -0.00178 e. The summed E-state index contributed by atoms with van der Waals surface area (Å²) in [7, 11) is 0. The van der Waals surface area contributed by atoms with E-state index in [-0.39, 0.29) is 0 Å². The molecule has 1 N–H and O–H groups in total. The van der Waals surface area contributed by atoms with Crippen LogP contribution in [-0.4, -0.2) is 13.1 Å². The fourth-order valence-electron chi connectivity index (χ4n) is 2.51. The lowest BCUT2D eigenvalue weighted by Gasteiger charge is -2.03. The molecular formula is C15H31N. The number of rotatable bonds is 11. The zero-order chi connectivity index (χ0) is 11.6. The van der Waals surface area contributed by atoms with Crippen molar-refractivity contribution in [1.29, 1.82) is 0 Å². The van der Waals surface area contributed by atoms with Crippen molar-refractivity contribution in [3.05, 3.63) is 0 Å². The average molecular weight is 225 g/mol. The van der Waals surface area contributed by atoms with Crippen molar-refractivity contribution in [2.24, 2.45) is 11.8 Å². The third-order valence-electron chi connectivity index (χ3n) is 3.86. The molecule has 1 aliphatic carbocycles. The predicted octanol–water partition coefficient (Wildman–Crippen LogP) is 4.37. The second kappa shape index (κ2) is 9.04. The van der Waals surface area contributed by atoms with Crippen molar-refractivity contribution >= 4 is 0 Å². The van der Waals surface area contributed by atoms with Gasteiger partial charge in [0.25, 0.3) is 0 Å². The van der Waals surface area contributed by atoms with Gasteiger partial charge in [0, 0.05) is 0 Å². The Labute approximate surface area is 102 Å². The zero-order valence-electron chi connectivity index (χ0n) is 11.4. The highest BCUT2D eigenvalue weighted by molar-refractivity contribution is 4.87. The summed E-state index contributed by atoms with van der Waals surface area (Å²) in [5.74, 6) is 2.11. The van der Waals surface area contributed by atoms with E-state index in [0.29, 0.717) is 0 Å². The molecule has 1 nitrogen and oxygen atoms in total. The lowest BCUT2D eigenvalue weighted by Crippen LogP contribution is -2.18. The first-order valence-corrected chi connectivity index (χ1v) is 7.59. The molecule has 0 spiro atoms. The molecule has 96 valence electrons. The van der Waals surface area contributed by atoms with Crippen molar-refractivity contribution in [2.75, 3.05) is 13.1 Å². The molecule has 1 rings (SSSR count). The first kappa shape index (κ1) is 14.0. The van der Waals surface area contributed by atoms with Gasteiger partial charge in [0.05, 0.1) is 0 Å². The van der Waals surface area contributed by atoms with Gasteiger partial charge in [-0.25, -0.2) is 0 Å². The van der Waals surface area contributed by atoms with Crippen molar-refractivity contribution in [3.8, 4) is 0 Å².